The fraction of sp³-hybridized carbons (Fsp3) is 0.136. The molecule has 2 heterocycles. The van der Waals surface area contributed by atoms with E-state index in [1.54, 1.807) is 6.07 Å². The number of pyridine rings is 1. The summed E-state index contributed by atoms with van der Waals surface area (Å²) in [5.41, 5.74) is 3.23. The zero-order valence-electron chi connectivity index (χ0n) is 15.8. The summed E-state index contributed by atoms with van der Waals surface area (Å²) in [7, 11) is 0. The van der Waals surface area contributed by atoms with Crippen LogP contribution >= 0.6 is 11.6 Å². The Morgan fingerprint density at radius 3 is 2.66 bits per heavy atom. The topological polar surface area (TPSA) is 71.3 Å². The number of hydrogen-bond acceptors (Lipinski definition) is 4. The Labute approximate surface area is 173 Å². The highest BCUT2D eigenvalue weighted by Gasteiger charge is 2.21. The summed E-state index contributed by atoms with van der Waals surface area (Å²) in [4.78, 5) is 13.1. The molecule has 0 aliphatic rings. The lowest BCUT2D eigenvalue weighted by atomic mass is 10.1. The van der Waals surface area contributed by atoms with Gasteiger partial charge in [0.1, 0.15) is 6.04 Å². The Morgan fingerprint density at radius 2 is 1.86 bits per heavy atom. The van der Waals surface area contributed by atoms with Crippen molar-refractivity contribution >= 4 is 28.8 Å². The van der Waals surface area contributed by atoms with Gasteiger partial charge < -0.3 is 5.32 Å². The quantitative estimate of drug-likeness (QED) is 0.505. The second-order valence-corrected chi connectivity index (χ2v) is 7.13. The van der Waals surface area contributed by atoms with Crippen LogP contribution in [-0.4, -0.2) is 20.5 Å². The highest BCUT2D eigenvalue weighted by Crippen LogP contribution is 2.22. The van der Waals surface area contributed by atoms with E-state index in [0.717, 1.165) is 22.6 Å². The molecule has 0 aliphatic carbocycles. The van der Waals surface area contributed by atoms with Crippen molar-refractivity contribution in [3.63, 3.8) is 0 Å². The minimum absolute atomic E-state index is 0.176. The second kappa shape index (κ2) is 8.43. The number of halogens is 1. The summed E-state index contributed by atoms with van der Waals surface area (Å²) in [5.74, 6) is 0.553. The molecule has 7 heteroatoms. The van der Waals surface area contributed by atoms with Crippen molar-refractivity contribution in [2.75, 3.05) is 5.32 Å². The van der Waals surface area contributed by atoms with Crippen LogP contribution in [0.2, 0.25) is 5.02 Å². The van der Waals surface area contributed by atoms with E-state index < -0.39 is 6.04 Å². The second-order valence-electron chi connectivity index (χ2n) is 6.72. The standard InChI is InChI=1S/C22H20ClN5O/c1-15-10-11-17(13-18(15)23)25-22(29)21(16-7-3-2-4-8-16)24-14-20-27-26-19-9-5-6-12-28(19)20/h2-13,21,24H,14H2,1H3,(H,25,29)/t21-/m0/s1. The molecule has 0 saturated carbocycles. The highest BCUT2D eigenvalue weighted by atomic mass is 35.5. The van der Waals surface area contributed by atoms with Gasteiger partial charge in [-0.2, -0.15) is 0 Å². The number of benzene rings is 2. The first kappa shape index (κ1) is 19.1. The summed E-state index contributed by atoms with van der Waals surface area (Å²) in [6, 6.07) is 20.2. The van der Waals surface area contributed by atoms with Gasteiger partial charge in [-0.05, 0) is 42.3 Å². The molecular weight excluding hydrogens is 386 g/mol. The van der Waals surface area contributed by atoms with Gasteiger partial charge in [0.05, 0.1) is 6.54 Å². The molecule has 4 aromatic rings. The summed E-state index contributed by atoms with van der Waals surface area (Å²) < 4.78 is 1.90. The van der Waals surface area contributed by atoms with Crippen molar-refractivity contribution in [1.29, 1.82) is 0 Å². The molecule has 0 fully saturated rings. The zero-order chi connectivity index (χ0) is 20.2. The number of fused-ring (bicyclic) bond motifs is 1. The van der Waals surface area contributed by atoms with Crippen molar-refractivity contribution in [1.82, 2.24) is 19.9 Å². The van der Waals surface area contributed by atoms with Crippen LogP contribution in [0, 0.1) is 6.92 Å². The first-order valence-electron chi connectivity index (χ1n) is 9.26. The SMILES string of the molecule is Cc1ccc(NC(=O)[C@@H](NCc2nnc3ccccn23)c2ccccc2)cc1Cl. The monoisotopic (exact) mass is 405 g/mol. The molecule has 0 aliphatic heterocycles. The Balaban J connectivity index is 1.56. The summed E-state index contributed by atoms with van der Waals surface area (Å²) >= 11 is 6.19. The molecule has 1 atom stereocenters. The first-order chi connectivity index (χ1) is 14.1. The summed E-state index contributed by atoms with van der Waals surface area (Å²) in [5, 5.41) is 15.3. The third-order valence-electron chi connectivity index (χ3n) is 4.68. The Bertz CT molecular complexity index is 1140. The number of carbonyl (C=O) groups is 1. The average Bonchev–Trinajstić information content (AvgIpc) is 3.15. The lowest BCUT2D eigenvalue weighted by molar-refractivity contribution is -0.118. The maximum atomic E-state index is 13.1. The molecule has 0 unspecified atom stereocenters. The van der Waals surface area contributed by atoms with E-state index in [9.17, 15) is 4.79 Å². The molecule has 2 aromatic carbocycles. The van der Waals surface area contributed by atoms with Gasteiger partial charge in [0.25, 0.3) is 0 Å². The zero-order valence-corrected chi connectivity index (χ0v) is 16.6. The third kappa shape index (κ3) is 4.29. The van der Waals surface area contributed by atoms with E-state index in [2.05, 4.69) is 20.8 Å². The molecule has 1 amide bonds. The van der Waals surface area contributed by atoms with Gasteiger partial charge in [-0.1, -0.05) is 54.1 Å². The van der Waals surface area contributed by atoms with Gasteiger partial charge in [-0.25, -0.2) is 0 Å². The fourth-order valence-electron chi connectivity index (χ4n) is 3.10. The van der Waals surface area contributed by atoms with Gasteiger partial charge in [-0.3, -0.25) is 14.5 Å². The molecule has 4 rings (SSSR count). The number of nitrogens with zero attached hydrogens (tertiary/aromatic N) is 3. The number of anilines is 1. The smallest absolute Gasteiger partial charge is 0.246 e. The number of aromatic nitrogens is 3. The van der Waals surface area contributed by atoms with Crippen LogP contribution in [0.5, 0.6) is 0 Å². The molecule has 0 spiro atoms. The van der Waals surface area contributed by atoms with E-state index in [1.165, 1.54) is 0 Å². The number of amides is 1. The molecule has 0 saturated heterocycles. The Hall–Kier alpha value is -3.22. The van der Waals surface area contributed by atoms with Crippen molar-refractivity contribution in [2.45, 2.75) is 19.5 Å². The van der Waals surface area contributed by atoms with Crippen molar-refractivity contribution in [3.05, 3.63) is 94.9 Å². The molecule has 6 nitrogen and oxygen atoms in total. The summed E-state index contributed by atoms with van der Waals surface area (Å²) in [6.45, 7) is 2.30. The van der Waals surface area contributed by atoms with E-state index in [4.69, 9.17) is 11.6 Å². The van der Waals surface area contributed by atoms with Crippen molar-refractivity contribution in [2.24, 2.45) is 0 Å². The molecule has 0 bridgehead atoms. The number of hydrogen-bond donors (Lipinski definition) is 2. The molecule has 146 valence electrons. The lowest BCUT2D eigenvalue weighted by Gasteiger charge is -2.19. The van der Waals surface area contributed by atoms with Crippen molar-refractivity contribution < 1.29 is 4.79 Å². The predicted molar refractivity (Wildman–Crippen MR) is 114 cm³/mol. The number of rotatable bonds is 6. The number of carbonyl (C=O) groups excluding carboxylic acids is 1. The van der Waals surface area contributed by atoms with E-state index in [0.29, 0.717) is 17.3 Å². The van der Waals surface area contributed by atoms with Crippen LogP contribution in [0.4, 0.5) is 5.69 Å². The van der Waals surface area contributed by atoms with Crippen LogP contribution in [-0.2, 0) is 11.3 Å². The van der Waals surface area contributed by atoms with Crippen molar-refractivity contribution in [3.8, 4) is 0 Å². The largest absolute Gasteiger partial charge is 0.324 e. The molecule has 2 N–H and O–H groups in total. The third-order valence-corrected chi connectivity index (χ3v) is 5.09. The Kier molecular flexibility index (Phi) is 5.55. The van der Waals surface area contributed by atoms with E-state index >= 15 is 0 Å². The lowest BCUT2D eigenvalue weighted by Crippen LogP contribution is -2.33. The predicted octanol–water partition coefficient (Wildman–Crippen LogP) is 4.16. The van der Waals surface area contributed by atoms with Gasteiger partial charge in [0.15, 0.2) is 11.5 Å². The molecule has 2 aromatic heterocycles. The van der Waals surface area contributed by atoms with E-state index in [1.807, 2.05) is 78.2 Å². The number of nitrogens with one attached hydrogen (secondary N) is 2. The van der Waals surface area contributed by atoms with Crippen LogP contribution < -0.4 is 10.6 Å². The Morgan fingerprint density at radius 1 is 1.07 bits per heavy atom. The molecular formula is C22H20ClN5O. The minimum Gasteiger partial charge on any atom is -0.324 e. The highest BCUT2D eigenvalue weighted by molar-refractivity contribution is 6.31. The average molecular weight is 406 g/mol. The number of aryl methyl sites for hydroxylation is 1. The van der Waals surface area contributed by atoms with Gasteiger partial charge in [0.2, 0.25) is 5.91 Å². The maximum Gasteiger partial charge on any atom is 0.246 e. The van der Waals surface area contributed by atoms with Gasteiger partial charge >= 0.3 is 0 Å². The van der Waals surface area contributed by atoms with E-state index in [-0.39, 0.29) is 5.91 Å². The van der Waals surface area contributed by atoms with Crippen LogP contribution in [0.3, 0.4) is 0 Å². The fourth-order valence-corrected chi connectivity index (χ4v) is 3.28. The van der Waals surface area contributed by atoms with Gasteiger partial charge in [-0.15, -0.1) is 10.2 Å². The van der Waals surface area contributed by atoms with Crippen LogP contribution in [0.25, 0.3) is 5.65 Å². The first-order valence-corrected chi connectivity index (χ1v) is 9.63. The summed E-state index contributed by atoms with van der Waals surface area (Å²) in [6.07, 6.45) is 1.90. The van der Waals surface area contributed by atoms with Crippen LogP contribution in [0.15, 0.2) is 72.9 Å². The van der Waals surface area contributed by atoms with Gasteiger partial charge in [0, 0.05) is 16.9 Å². The maximum absolute atomic E-state index is 13.1. The minimum atomic E-state index is -0.563. The molecule has 0 radical (unpaired) electrons. The van der Waals surface area contributed by atoms with Crippen LogP contribution in [0.1, 0.15) is 23.0 Å². The molecule has 29 heavy (non-hydrogen) atoms. The normalized spacial score (nSPS) is 12.1.